The fraction of sp³-hybridized carbons (Fsp3) is 0.381. The van der Waals surface area contributed by atoms with Crippen LogP contribution < -0.4 is 29.1 Å². The molecular weight excluding hydrogens is 1200 g/mol. The number of ether oxygens (including phenoxy) is 2. The quantitative estimate of drug-likeness (QED) is 0.0795. The van der Waals surface area contributed by atoms with Crippen LogP contribution in [0.1, 0.15) is 122 Å². The van der Waals surface area contributed by atoms with E-state index in [1.807, 2.05) is 64.1 Å². The van der Waals surface area contributed by atoms with Gasteiger partial charge in [0.25, 0.3) is 0 Å². The van der Waals surface area contributed by atoms with Crippen molar-refractivity contribution >= 4 is 75.5 Å². The minimum absolute atomic E-state index is 0.171. The van der Waals surface area contributed by atoms with E-state index in [0.29, 0.717) is 22.6 Å². The summed E-state index contributed by atoms with van der Waals surface area (Å²) in [5.74, 6) is 1.08. The SMILES string of the molecule is Cc1cc(C)c(N2CCN(c3c(C)cc(C)cc3C)C2[C](c2cc(C(=O)c3ccc(OC(C)C)c([C](C4N(c5c(C)cc(C)cc5C)CCN4c4c(C)cc(C)cc4C)=[Ru]([Cl])[Cl])c3)ccc2OC(C)C)=[Ru]([Cl])[Cl])c(C)c1. The number of hydrogen-bond donors (Lipinski definition) is 0. The number of carbonyl (C=O) groups excluding carboxylic acids is 1. The molecule has 6 aromatic rings. The van der Waals surface area contributed by atoms with E-state index in [0.717, 1.165) is 68.3 Å². The van der Waals surface area contributed by atoms with Crippen molar-refractivity contribution in [2.24, 2.45) is 0 Å². The Morgan fingerprint density at radius 3 is 0.868 bits per heavy atom. The number of ketones is 1. The Bertz CT molecular complexity index is 2880. The van der Waals surface area contributed by atoms with Crippen molar-refractivity contribution in [2.45, 2.75) is 135 Å². The van der Waals surface area contributed by atoms with Crippen molar-refractivity contribution in [3.63, 3.8) is 0 Å². The average Bonchev–Trinajstić information content (AvgIpc) is 3.97. The number of nitrogens with zero attached hydrogens (tertiary/aromatic N) is 4. The van der Waals surface area contributed by atoms with Crippen LogP contribution in [0.5, 0.6) is 11.5 Å². The zero-order chi connectivity index (χ0) is 55.3. The fourth-order valence-electron chi connectivity index (χ4n) is 12.4. The van der Waals surface area contributed by atoms with Gasteiger partial charge in [0.15, 0.2) is 0 Å². The molecule has 0 bridgehead atoms. The molecule has 0 aliphatic carbocycles. The summed E-state index contributed by atoms with van der Waals surface area (Å²) in [5, 5.41) is 0. The van der Waals surface area contributed by atoms with E-state index in [1.54, 1.807) is 0 Å². The maximum atomic E-state index is 15.6. The van der Waals surface area contributed by atoms with E-state index in [2.05, 4.69) is 151 Å². The van der Waals surface area contributed by atoms with Crippen molar-refractivity contribution in [2.75, 3.05) is 45.8 Å². The summed E-state index contributed by atoms with van der Waals surface area (Å²) in [6.07, 6.45) is -1.10. The molecule has 7 nitrogen and oxygen atoms in total. The average molecular weight is 1280 g/mol. The monoisotopic (exact) mass is 1280 g/mol. The van der Waals surface area contributed by atoms with E-state index in [-0.39, 0.29) is 30.3 Å². The van der Waals surface area contributed by atoms with Crippen molar-refractivity contribution < 1.29 is 41.3 Å². The van der Waals surface area contributed by atoms with Crippen LogP contribution in [0.3, 0.4) is 0 Å². The molecule has 408 valence electrons. The van der Waals surface area contributed by atoms with Crippen molar-refractivity contribution in [3.8, 4) is 11.5 Å². The van der Waals surface area contributed by atoms with Crippen molar-refractivity contribution in [3.05, 3.63) is 174 Å². The topological polar surface area (TPSA) is 48.5 Å². The molecule has 2 saturated heterocycles. The molecule has 2 fully saturated rings. The summed E-state index contributed by atoms with van der Waals surface area (Å²) in [6, 6.07) is 29.5. The number of rotatable bonds is 14. The predicted octanol–water partition coefficient (Wildman–Crippen LogP) is 15.8. The summed E-state index contributed by atoms with van der Waals surface area (Å²) < 4.78 is 15.1. The van der Waals surface area contributed by atoms with E-state index >= 15 is 4.79 Å². The molecule has 0 amide bonds. The predicted molar refractivity (Wildman–Crippen MR) is 319 cm³/mol. The van der Waals surface area contributed by atoms with Gasteiger partial charge in [0.2, 0.25) is 0 Å². The van der Waals surface area contributed by atoms with Gasteiger partial charge in [-0.25, -0.2) is 0 Å². The zero-order valence-corrected chi connectivity index (χ0v) is 53.5. The molecule has 76 heavy (non-hydrogen) atoms. The summed E-state index contributed by atoms with van der Waals surface area (Å²) >= 11 is -5.70. The Balaban J connectivity index is 1.32. The third-order valence-electron chi connectivity index (χ3n) is 14.5. The van der Waals surface area contributed by atoms with E-state index in [9.17, 15) is 0 Å². The van der Waals surface area contributed by atoms with Crippen molar-refractivity contribution in [1.82, 2.24) is 0 Å². The number of carbonyl (C=O) groups is 1. The summed E-state index contributed by atoms with van der Waals surface area (Å²) in [4.78, 5) is 25.5. The Labute approximate surface area is 479 Å². The molecule has 2 heterocycles. The standard InChI is InChI=1S/C63H74N4O3.4ClH.2Ru/c1-37(2)69-55-19-17-51(33-53(55)35-57-64(59-43(9)25-39(5)26-44(59)10)21-22-65(57)60-45(11)27-40(6)28-46(60)12)63(68)52-18-20-56(70-38(3)4)54(34-52)36-58-66(61-47(13)29-41(7)30-48(61)14)23-24-67(58)62-49(15)31-42(8)32-50(62)16;;;;;;/h17-20,25-34,37-38,57-58H,21-24H2,1-16H3;4*1H;;/q;;;;;2*+2/p-4. The Kier molecular flexibility index (Phi) is 18.1. The summed E-state index contributed by atoms with van der Waals surface area (Å²) in [5.41, 5.74) is 21.3. The van der Waals surface area contributed by atoms with Crippen LogP contribution in [0.2, 0.25) is 0 Å². The van der Waals surface area contributed by atoms with Gasteiger partial charge < -0.3 is 0 Å². The molecule has 0 saturated carbocycles. The molecule has 13 heteroatoms. The number of hydrogen-bond acceptors (Lipinski definition) is 7. The Hall–Kier alpha value is -4.06. The first-order valence-corrected chi connectivity index (χ1v) is 36.8. The van der Waals surface area contributed by atoms with Crippen LogP contribution in [0.15, 0.2) is 84.9 Å². The van der Waals surface area contributed by atoms with Gasteiger partial charge >= 0.3 is 483 Å². The van der Waals surface area contributed by atoms with Gasteiger partial charge in [0, 0.05) is 0 Å². The number of aryl methyl sites for hydroxylation is 12. The van der Waals surface area contributed by atoms with Gasteiger partial charge in [-0.1, -0.05) is 0 Å². The molecule has 0 spiro atoms. The van der Waals surface area contributed by atoms with E-state index in [1.165, 1.54) is 66.8 Å². The molecule has 2 aliphatic rings. The van der Waals surface area contributed by atoms with Crippen LogP contribution in [0.25, 0.3) is 0 Å². The first-order chi connectivity index (χ1) is 35.9. The number of halogens is 4. The molecule has 6 aromatic carbocycles. The van der Waals surface area contributed by atoms with E-state index in [4.69, 9.17) is 48.2 Å². The number of benzene rings is 6. The molecule has 0 aromatic heterocycles. The second kappa shape index (κ2) is 23.7. The molecule has 0 N–H and O–H groups in total. The zero-order valence-electron chi connectivity index (χ0n) is 47.0. The van der Waals surface area contributed by atoms with Gasteiger partial charge in [0.05, 0.1) is 0 Å². The maximum absolute atomic E-state index is 15.6. The molecule has 0 atom stereocenters. The van der Waals surface area contributed by atoms with E-state index < -0.39 is 27.0 Å². The summed E-state index contributed by atoms with van der Waals surface area (Å²) in [7, 11) is 30.1. The second-order valence-electron chi connectivity index (χ2n) is 21.6. The van der Waals surface area contributed by atoms with Gasteiger partial charge in [0.1, 0.15) is 0 Å². The van der Waals surface area contributed by atoms with Crippen molar-refractivity contribution in [1.29, 1.82) is 0 Å². The van der Waals surface area contributed by atoms with Crippen LogP contribution >= 0.6 is 38.8 Å². The first kappa shape index (κ1) is 58.1. The van der Waals surface area contributed by atoms with Crippen LogP contribution in [0, 0.1) is 83.1 Å². The van der Waals surface area contributed by atoms with Gasteiger partial charge in [-0.3, -0.25) is 0 Å². The minimum atomic E-state index is -2.85. The molecule has 0 unspecified atom stereocenters. The van der Waals surface area contributed by atoms with Crippen LogP contribution in [0.4, 0.5) is 22.7 Å². The Morgan fingerprint density at radius 2 is 0.658 bits per heavy atom. The molecule has 2 aliphatic heterocycles. The Morgan fingerprint density at radius 1 is 0.421 bits per heavy atom. The summed E-state index contributed by atoms with van der Waals surface area (Å²) in [6.45, 7) is 37.1. The fourth-order valence-corrected chi connectivity index (χ4v) is 18.9. The van der Waals surface area contributed by atoms with Gasteiger partial charge in [-0.05, 0) is 0 Å². The normalized spacial score (nSPS) is 14.7. The third-order valence-corrected chi connectivity index (χ3v) is 21.1. The molecule has 8 rings (SSSR count). The van der Waals surface area contributed by atoms with Gasteiger partial charge in [-0.15, -0.1) is 0 Å². The first-order valence-electron chi connectivity index (χ1n) is 26.1. The second-order valence-corrected chi connectivity index (χ2v) is 33.3. The molecule has 0 radical (unpaired) electrons. The number of anilines is 4. The van der Waals surface area contributed by atoms with Gasteiger partial charge in [-0.2, -0.15) is 0 Å². The van der Waals surface area contributed by atoms with Crippen LogP contribution in [-0.2, 0) is 27.0 Å². The molecular formula is C63H74Cl4N4O3Ru2. The van der Waals surface area contributed by atoms with Crippen LogP contribution in [-0.4, -0.2) is 64.7 Å². The third kappa shape index (κ3) is 11.8.